The number of carbonyl (C=O) groups is 1. The summed E-state index contributed by atoms with van der Waals surface area (Å²) < 4.78 is 11.1. The van der Waals surface area contributed by atoms with E-state index in [0.29, 0.717) is 16.5 Å². The fraction of sp³-hybridized carbons (Fsp3) is 0. The molecule has 124 valence electrons. The van der Waals surface area contributed by atoms with Gasteiger partial charge in [-0.1, -0.05) is 23.7 Å². The minimum Gasteiger partial charge on any atom is -0.504 e. The third-order valence-corrected chi connectivity index (χ3v) is 4.03. The Bertz CT molecular complexity index is 1030. The van der Waals surface area contributed by atoms with E-state index in [1.165, 1.54) is 18.2 Å². The molecule has 0 radical (unpaired) electrons. The summed E-state index contributed by atoms with van der Waals surface area (Å²) >= 11 is 5.97. The first-order chi connectivity index (χ1) is 12.0. The quantitative estimate of drug-likeness (QED) is 0.518. The van der Waals surface area contributed by atoms with Crippen LogP contribution in [0.15, 0.2) is 58.7 Å². The molecule has 0 aliphatic carbocycles. The zero-order chi connectivity index (χ0) is 17.6. The van der Waals surface area contributed by atoms with Crippen molar-refractivity contribution < 1.29 is 24.2 Å². The minimum atomic E-state index is -0.465. The summed E-state index contributed by atoms with van der Waals surface area (Å²) in [6, 6.07) is 13.3. The molecule has 1 aliphatic rings. The first kappa shape index (κ1) is 15.4. The maximum Gasteiger partial charge on any atom is 0.232 e. The van der Waals surface area contributed by atoms with Gasteiger partial charge in [-0.3, -0.25) is 4.79 Å². The van der Waals surface area contributed by atoms with Crippen LogP contribution in [0.25, 0.3) is 17.4 Å². The molecule has 4 rings (SSSR count). The number of ketones is 1. The third kappa shape index (κ3) is 2.64. The molecule has 0 amide bonds. The lowest BCUT2D eigenvalue weighted by atomic mass is 10.1. The van der Waals surface area contributed by atoms with Crippen LogP contribution in [0.4, 0.5) is 0 Å². The van der Waals surface area contributed by atoms with Crippen LogP contribution in [0.2, 0.25) is 5.02 Å². The second-order valence-corrected chi connectivity index (χ2v) is 5.90. The lowest BCUT2D eigenvalue weighted by Gasteiger charge is -2.02. The number of hydrogen-bond acceptors (Lipinski definition) is 5. The van der Waals surface area contributed by atoms with Gasteiger partial charge in [0.25, 0.3) is 0 Å². The van der Waals surface area contributed by atoms with E-state index in [9.17, 15) is 15.0 Å². The molecule has 0 bridgehead atoms. The average Bonchev–Trinajstić information content (AvgIpc) is 3.18. The highest BCUT2D eigenvalue weighted by Gasteiger charge is 2.31. The van der Waals surface area contributed by atoms with Gasteiger partial charge in [0.2, 0.25) is 11.5 Å². The molecule has 0 spiro atoms. The van der Waals surface area contributed by atoms with Gasteiger partial charge in [0.15, 0.2) is 17.3 Å². The van der Waals surface area contributed by atoms with Crippen molar-refractivity contribution in [3.63, 3.8) is 0 Å². The molecule has 2 aromatic carbocycles. The summed E-state index contributed by atoms with van der Waals surface area (Å²) in [7, 11) is 0. The Hall–Kier alpha value is -3.18. The molecule has 5 nitrogen and oxygen atoms in total. The van der Waals surface area contributed by atoms with Gasteiger partial charge in [0, 0.05) is 16.7 Å². The predicted molar refractivity (Wildman–Crippen MR) is 91.9 cm³/mol. The molecule has 2 heterocycles. The van der Waals surface area contributed by atoms with Gasteiger partial charge in [0.05, 0.1) is 5.56 Å². The van der Waals surface area contributed by atoms with E-state index in [4.69, 9.17) is 20.8 Å². The minimum absolute atomic E-state index is 0.00268. The van der Waals surface area contributed by atoms with Gasteiger partial charge >= 0.3 is 0 Å². The number of Topliss-reactive ketones (excluding diaryl/α,β-unsaturated/α-hetero) is 1. The van der Waals surface area contributed by atoms with Crippen LogP contribution >= 0.6 is 11.6 Å². The first-order valence-electron chi connectivity index (χ1n) is 7.38. The maximum absolute atomic E-state index is 12.3. The van der Waals surface area contributed by atoms with Gasteiger partial charge in [0.1, 0.15) is 11.5 Å². The number of carbonyl (C=O) groups excluding carboxylic acids is 1. The van der Waals surface area contributed by atoms with Crippen molar-refractivity contribution in [3.8, 4) is 28.6 Å². The normalized spacial score (nSPS) is 14.6. The molecule has 1 aromatic heterocycles. The average molecular weight is 355 g/mol. The lowest BCUT2D eigenvalue weighted by molar-refractivity contribution is 0.101. The number of aromatic hydroxyl groups is 2. The molecule has 3 aromatic rings. The van der Waals surface area contributed by atoms with Gasteiger partial charge in [-0.2, -0.15) is 0 Å². The molecular weight excluding hydrogens is 344 g/mol. The second kappa shape index (κ2) is 5.72. The van der Waals surface area contributed by atoms with Crippen LogP contribution in [0.3, 0.4) is 0 Å². The molecular formula is C19H11ClO5. The Balaban J connectivity index is 1.67. The van der Waals surface area contributed by atoms with E-state index in [-0.39, 0.29) is 22.8 Å². The number of phenolic OH excluding ortho intramolecular Hbond substituents is 2. The Morgan fingerprint density at radius 3 is 2.68 bits per heavy atom. The molecule has 25 heavy (non-hydrogen) atoms. The standard InChI is InChI=1S/C19H11ClO5/c20-11-3-1-2-10(8-11)15-7-4-12(24-15)9-16-17(22)13-5-6-14(21)18(23)19(13)25-16/h1-9,21,23H/b16-9-. The van der Waals surface area contributed by atoms with Gasteiger partial charge in [-0.15, -0.1) is 0 Å². The topological polar surface area (TPSA) is 79.9 Å². The number of allylic oxidation sites excluding steroid dienone is 1. The lowest BCUT2D eigenvalue weighted by Crippen LogP contribution is -1.97. The molecule has 0 atom stereocenters. The highest BCUT2D eigenvalue weighted by Crippen LogP contribution is 2.44. The number of fused-ring (bicyclic) bond motifs is 1. The zero-order valence-corrected chi connectivity index (χ0v) is 13.4. The number of halogens is 1. The van der Waals surface area contributed by atoms with Crippen LogP contribution in [0, 0.1) is 0 Å². The van der Waals surface area contributed by atoms with Gasteiger partial charge < -0.3 is 19.4 Å². The van der Waals surface area contributed by atoms with E-state index in [2.05, 4.69) is 0 Å². The molecule has 0 unspecified atom stereocenters. The van der Waals surface area contributed by atoms with E-state index in [1.54, 1.807) is 24.3 Å². The Labute approximate surface area is 147 Å². The summed E-state index contributed by atoms with van der Waals surface area (Å²) in [5.74, 6) is -0.262. The van der Waals surface area contributed by atoms with Gasteiger partial charge in [-0.25, -0.2) is 0 Å². The van der Waals surface area contributed by atoms with Crippen LogP contribution in [0.5, 0.6) is 17.2 Å². The molecule has 0 saturated heterocycles. The predicted octanol–water partition coefficient (Wildman–Crippen LogP) is 4.63. The highest BCUT2D eigenvalue weighted by molar-refractivity contribution is 6.30. The van der Waals surface area contributed by atoms with Crippen LogP contribution in [-0.2, 0) is 0 Å². The largest absolute Gasteiger partial charge is 0.504 e. The molecule has 1 aliphatic heterocycles. The van der Waals surface area contributed by atoms with Crippen molar-refractivity contribution in [2.24, 2.45) is 0 Å². The fourth-order valence-corrected chi connectivity index (χ4v) is 2.77. The SMILES string of the molecule is O=C1/C(=C/c2ccc(-c3cccc(Cl)c3)o2)Oc2c1ccc(O)c2O. The van der Waals surface area contributed by atoms with E-state index in [1.807, 2.05) is 12.1 Å². The van der Waals surface area contributed by atoms with Crippen molar-refractivity contribution in [2.75, 3.05) is 0 Å². The van der Waals surface area contributed by atoms with Crippen LogP contribution in [0.1, 0.15) is 16.1 Å². The first-order valence-corrected chi connectivity index (χ1v) is 7.75. The summed E-state index contributed by atoms with van der Waals surface area (Å²) in [5.41, 5.74) is 0.991. The van der Waals surface area contributed by atoms with Crippen molar-refractivity contribution >= 4 is 23.5 Å². The number of rotatable bonds is 2. The number of hydrogen-bond donors (Lipinski definition) is 2. The van der Waals surface area contributed by atoms with E-state index in [0.717, 1.165) is 5.56 Å². The van der Waals surface area contributed by atoms with Crippen molar-refractivity contribution in [3.05, 3.63) is 70.6 Å². The van der Waals surface area contributed by atoms with Crippen molar-refractivity contribution in [2.45, 2.75) is 0 Å². The molecule has 0 fully saturated rings. The summed E-state index contributed by atoms with van der Waals surface area (Å²) in [5, 5.41) is 19.9. The number of phenols is 2. The monoisotopic (exact) mass is 354 g/mol. The highest BCUT2D eigenvalue weighted by atomic mass is 35.5. The van der Waals surface area contributed by atoms with Crippen molar-refractivity contribution in [1.82, 2.24) is 0 Å². The second-order valence-electron chi connectivity index (χ2n) is 5.46. The third-order valence-electron chi connectivity index (χ3n) is 3.80. The van der Waals surface area contributed by atoms with E-state index < -0.39 is 11.5 Å². The van der Waals surface area contributed by atoms with Crippen LogP contribution in [-0.4, -0.2) is 16.0 Å². The molecule has 2 N–H and O–H groups in total. The Kier molecular flexibility index (Phi) is 3.51. The van der Waals surface area contributed by atoms with E-state index >= 15 is 0 Å². The number of ether oxygens (including phenoxy) is 1. The summed E-state index contributed by atoms with van der Waals surface area (Å²) in [6.45, 7) is 0. The molecule has 0 saturated carbocycles. The smallest absolute Gasteiger partial charge is 0.232 e. The van der Waals surface area contributed by atoms with Crippen molar-refractivity contribution in [1.29, 1.82) is 0 Å². The maximum atomic E-state index is 12.3. The summed E-state index contributed by atoms with van der Waals surface area (Å²) in [4.78, 5) is 12.3. The zero-order valence-electron chi connectivity index (χ0n) is 12.7. The van der Waals surface area contributed by atoms with Gasteiger partial charge in [-0.05, 0) is 36.4 Å². The molecule has 6 heteroatoms. The number of benzene rings is 2. The fourth-order valence-electron chi connectivity index (χ4n) is 2.58. The van der Waals surface area contributed by atoms with Crippen LogP contribution < -0.4 is 4.74 Å². The summed E-state index contributed by atoms with van der Waals surface area (Å²) in [6.07, 6.45) is 1.44. The number of furan rings is 1. The Morgan fingerprint density at radius 1 is 1.04 bits per heavy atom. The Morgan fingerprint density at radius 2 is 1.88 bits per heavy atom.